The predicted molar refractivity (Wildman–Crippen MR) is 87.3 cm³/mol. The Bertz CT molecular complexity index is 535. The molecule has 0 aromatic carbocycles. The first-order valence-corrected chi connectivity index (χ1v) is 9.79. The Morgan fingerprint density at radius 2 is 1.86 bits per heavy atom. The Morgan fingerprint density at radius 3 is 2.38 bits per heavy atom. The van der Waals surface area contributed by atoms with E-state index in [2.05, 4.69) is 31.2 Å². The van der Waals surface area contributed by atoms with Crippen LogP contribution in [0.1, 0.15) is 51.1 Å². The summed E-state index contributed by atoms with van der Waals surface area (Å²) in [5.41, 5.74) is 3.51. The molecule has 0 spiro atoms. The number of sulfone groups is 1. The van der Waals surface area contributed by atoms with Crippen LogP contribution in [0.4, 0.5) is 0 Å². The van der Waals surface area contributed by atoms with Gasteiger partial charge >= 0.3 is 0 Å². The second-order valence-corrected chi connectivity index (χ2v) is 7.69. The number of hydrogen-bond acceptors (Lipinski definition) is 4. The molecule has 6 heteroatoms. The average molecular weight is 315 g/mol. The highest BCUT2D eigenvalue weighted by atomic mass is 32.2. The molecule has 0 atom stereocenters. The highest BCUT2D eigenvalue weighted by Crippen LogP contribution is 2.16. The van der Waals surface area contributed by atoms with Crippen molar-refractivity contribution in [2.24, 2.45) is 0 Å². The van der Waals surface area contributed by atoms with E-state index in [-0.39, 0.29) is 11.5 Å². The lowest BCUT2D eigenvalue weighted by atomic mass is 10.1. The quantitative estimate of drug-likeness (QED) is 0.670. The molecule has 21 heavy (non-hydrogen) atoms. The Hall–Kier alpha value is -0.880. The summed E-state index contributed by atoms with van der Waals surface area (Å²) in [6.07, 6.45) is 2.86. The first kappa shape index (κ1) is 18.2. The van der Waals surface area contributed by atoms with Crippen molar-refractivity contribution < 1.29 is 8.42 Å². The number of nitrogens with one attached hydrogen (secondary N) is 1. The Balaban J connectivity index is 2.93. The SMILES string of the molecule is CCCNCc1c(CC)nn(CCS(=O)(=O)CC)c1CC. The van der Waals surface area contributed by atoms with Gasteiger partial charge < -0.3 is 5.32 Å². The van der Waals surface area contributed by atoms with Crippen LogP contribution in [0.2, 0.25) is 0 Å². The molecule has 5 nitrogen and oxygen atoms in total. The molecule has 0 bridgehead atoms. The van der Waals surface area contributed by atoms with Crippen molar-refractivity contribution in [3.63, 3.8) is 0 Å². The van der Waals surface area contributed by atoms with Gasteiger partial charge in [-0.3, -0.25) is 4.68 Å². The fraction of sp³-hybridized carbons (Fsp3) is 0.800. The van der Waals surface area contributed by atoms with E-state index in [0.29, 0.717) is 6.54 Å². The molecule has 0 unspecified atom stereocenters. The Labute approximate surface area is 129 Å². The zero-order valence-corrected chi connectivity index (χ0v) is 14.6. The van der Waals surface area contributed by atoms with E-state index in [1.54, 1.807) is 6.92 Å². The van der Waals surface area contributed by atoms with Gasteiger partial charge in [0.05, 0.1) is 18.0 Å². The molecule has 0 saturated heterocycles. The molecule has 0 fully saturated rings. The maximum atomic E-state index is 11.7. The van der Waals surface area contributed by atoms with E-state index >= 15 is 0 Å². The molecule has 0 saturated carbocycles. The molecule has 0 amide bonds. The second-order valence-electron chi connectivity index (χ2n) is 5.22. The molecular weight excluding hydrogens is 286 g/mol. The van der Waals surface area contributed by atoms with E-state index in [1.165, 1.54) is 11.3 Å². The van der Waals surface area contributed by atoms with Crippen molar-refractivity contribution >= 4 is 9.84 Å². The fourth-order valence-corrected chi connectivity index (χ4v) is 3.16. The zero-order valence-electron chi connectivity index (χ0n) is 13.8. The van der Waals surface area contributed by atoms with Gasteiger partial charge in [0.2, 0.25) is 0 Å². The van der Waals surface area contributed by atoms with Crippen LogP contribution in [0.3, 0.4) is 0 Å². The minimum atomic E-state index is -2.95. The summed E-state index contributed by atoms with van der Waals surface area (Å²) in [6, 6.07) is 0. The third-order valence-corrected chi connectivity index (χ3v) is 5.39. The van der Waals surface area contributed by atoms with Crippen molar-refractivity contribution in [3.8, 4) is 0 Å². The van der Waals surface area contributed by atoms with Crippen molar-refractivity contribution in [2.45, 2.75) is 60.0 Å². The minimum Gasteiger partial charge on any atom is -0.313 e. The molecule has 1 heterocycles. The van der Waals surface area contributed by atoms with Crippen LogP contribution < -0.4 is 5.32 Å². The zero-order chi connectivity index (χ0) is 15.9. The molecular formula is C15H29N3O2S. The smallest absolute Gasteiger partial charge is 0.151 e. The van der Waals surface area contributed by atoms with Gasteiger partial charge in [-0.2, -0.15) is 5.10 Å². The predicted octanol–water partition coefficient (Wildman–Crippen LogP) is 1.94. The van der Waals surface area contributed by atoms with E-state index in [0.717, 1.165) is 38.0 Å². The lowest BCUT2D eigenvalue weighted by Gasteiger charge is -2.09. The van der Waals surface area contributed by atoms with E-state index in [1.807, 2.05) is 4.68 Å². The topological polar surface area (TPSA) is 64.0 Å². The number of aryl methyl sites for hydroxylation is 2. The first-order valence-electron chi connectivity index (χ1n) is 7.97. The number of nitrogens with zero attached hydrogens (tertiary/aromatic N) is 2. The van der Waals surface area contributed by atoms with Gasteiger partial charge in [-0.15, -0.1) is 0 Å². The maximum absolute atomic E-state index is 11.7. The van der Waals surface area contributed by atoms with E-state index < -0.39 is 9.84 Å². The number of aromatic nitrogens is 2. The summed E-state index contributed by atoms with van der Waals surface area (Å²) in [5.74, 6) is 0.366. The summed E-state index contributed by atoms with van der Waals surface area (Å²) in [5, 5.41) is 8.05. The van der Waals surface area contributed by atoms with Gasteiger partial charge in [0.1, 0.15) is 0 Å². The molecule has 0 aliphatic carbocycles. The van der Waals surface area contributed by atoms with Crippen molar-refractivity contribution in [3.05, 3.63) is 17.0 Å². The lowest BCUT2D eigenvalue weighted by molar-refractivity contribution is 0.572. The monoisotopic (exact) mass is 315 g/mol. The number of rotatable bonds is 10. The highest BCUT2D eigenvalue weighted by Gasteiger charge is 2.16. The van der Waals surface area contributed by atoms with Crippen LogP contribution in [0.5, 0.6) is 0 Å². The van der Waals surface area contributed by atoms with Crippen LogP contribution in [-0.4, -0.2) is 36.2 Å². The third kappa shape index (κ3) is 5.11. The van der Waals surface area contributed by atoms with Gasteiger partial charge in [0, 0.05) is 23.6 Å². The first-order chi connectivity index (χ1) is 9.99. The van der Waals surface area contributed by atoms with Crippen LogP contribution in [0, 0.1) is 0 Å². The standard InChI is InChI=1S/C15H29N3O2S/c1-5-9-16-12-13-14(6-2)17-18(15(13)7-3)10-11-21(19,20)8-4/h16H,5-12H2,1-4H3. The molecule has 0 radical (unpaired) electrons. The summed E-state index contributed by atoms with van der Waals surface area (Å²) in [6.45, 7) is 10.3. The molecule has 1 rings (SSSR count). The molecule has 0 aliphatic rings. The van der Waals surface area contributed by atoms with Gasteiger partial charge in [0.15, 0.2) is 9.84 Å². The molecule has 0 aliphatic heterocycles. The van der Waals surface area contributed by atoms with E-state index in [4.69, 9.17) is 0 Å². The normalized spacial score (nSPS) is 12.0. The molecule has 1 N–H and O–H groups in total. The van der Waals surface area contributed by atoms with Gasteiger partial charge in [-0.1, -0.05) is 27.7 Å². The summed E-state index contributed by atoms with van der Waals surface area (Å²) >= 11 is 0. The van der Waals surface area contributed by atoms with Gasteiger partial charge in [0.25, 0.3) is 0 Å². The lowest BCUT2D eigenvalue weighted by Crippen LogP contribution is -2.18. The fourth-order valence-electron chi connectivity index (χ4n) is 2.42. The Morgan fingerprint density at radius 1 is 1.14 bits per heavy atom. The third-order valence-electron chi connectivity index (χ3n) is 3.70. The van der Waals surface area contributed by atoms with E-state index in [9.17, 15) is 8.42 Å². The molecule has 1 aromatic rings. The largest absolute Gasteiger partial charge is 0.313 e. The molecule has 122 valence electrons. The van der Waals surface area contributed by atoms with Gasteiger partial charge in [-0.05, 0) is 25.8 Å². The van der Waals surface area contributed by atoms with Crippen LogP contribution in [0.15, 0.2) is 0 Å². The summed E-state index contributed by atoms with van der Waals surface area (Å²) in [4.78, 5) is 0. The Kier molecular flexibility index (Phi) is 7.39. The van der Waals surface area contributed by atoms with Gasteiger partial charge in [-0.25, -0.2) is 8.42 Å². The van der Waals surface area contributed by atoms with Crippen molar-refractivity contribution in [1.82, 2.24) is 15.1 Å². The van der Waals surface area contributed by atoms with Crippen LogP contribution in [-0.2, 0) is 35.8 Å². The second kappa shape index (κ2) is 8.54. The van der Waals surface area contributed by atoms with Crippen LogP contribution in [0.25, 0.3) is 0 Å². The highest BCUT2D eigenvalue weighted by molar-refractivity contribution is 7.91. The summed E-state index contributed by atoms with van der Waals surface area (Å²) < 4.78 is 25.3. The summed E-state index contributed by atoms with van der Waals surface area (Å²) in [7, 11) is -2.95. The number of hydrogen-bond donors (Lipinski definition) is 1. The average Bonchev–Trinajstić information content (AvgIpc) is 2.82. The van der Waals surface area contributed by atoms with Crippen LogP contribution >= 0.6 is 0 Å². The maximum Gasteiger partial charge on any atom is 0.151 e. The molecule has 1 aromatic heterocycles. The van der Waals surface area contributed by atoms with Crippen molar-refractivity contribution in [1.29, 1.82) is 0 Å². The minimum absolute atomic E-state index is 0.170. The van der Waals surface area contributed by atoms with Crippen molar-refractivity contribution in [2.75, 3.05) is 18.1 Å².